The maximum atomic E-state index is 13.4. The van der Waals surface area contributed by atoms with Gasteiger partial charge in [0.25, 0.3) is 10.0 Å². The SMILES string of the molecule is O=S(=O)(/C=C/c1ccccc1)N1C=Cc2ccccc2[C@@H]1c1c[nH]c2ccccc12. The van der Waals surface area contributed by atoms with E-state index in [9.17, 15) is 8.42 Å². The van der Waals surface area contributed by atoms with Gasteiger partial charge in [0, 0.05) is 28.9 Å². The van der Waals surface area contributed by atoms with Crippen molar-refractivity contribution in [2.75, 3.05) is 0 Å². The molecule has 5 heteroatoms. The predicted octanol–water partition coefficient (Wildman–Crippen LogP) is 5.54. The van der Waals surface area contributed by atoms with Gasteiger partial charge < -0.3 is 4.98 Å². The molecule has 0 fully saturated rings. The van der Waals surface area contributed by atoms with Crippen molar-refractivity contribution in [3.63, 3.8) is 0 Å². The average Bonchev–Trinajstić information content (AvgIpc) is 3.21. The molecule has 4 aromatic rings. The molecule has 1 aromatic heterocycles. The first-order chi connectivity index (χ1) is 14.6. The van der Waals surface area contributed by atoms with E-state index in [0.29, 0.717) is 0 Å². The molecule has 0 saturated carbocycles. The topological polar surface area (TPSA) is 53.2 Å². The highest BCUT2D eigenvalue weighted by molar-refractivity contribution is 7.92. The number of sulfonamides is 1. The Bertz CT molecular complexity index is 1370. The molecule has 0 unspecified atom stereocenters. The first-order valence-electron chi connectivity index (χ1n) is 9.73. The molecular formula is C25H20N2O2S. The fourth-order valence-corrected chi connectivity index (χ4v) is 5.17. The second kappa shape index (κ2) is 7.35. The van der Waals surface area contributed by atoms with Crippen LogP contribution >= 0.6 is 0 Å². The van der Waals surface area contributed by atoms with Crippen molar-refractivity contribution in [3.8, 4) is 0 Å². The molecule has 148 valence electrons. The summed E-state index contributed by atoms with van der Waals surface area (Å²) in [5.74, 6) is 0. The van der Waals surface area contributed by atoms with E-state index in [4.69, 9.17) is 0 Å². The van der Waals surface area contributed by atoms with Gasteiger partial charge >= 0.3 is 0 Å². The number of aromatic nitrogens is 1. The number of H-pyrrole nitrogens is 1. The molecule has 1 aliphatic rings. The zero-order valence-corrected chi connectivity index (χ0v) is 17.0. The van der Waals surface area contributed by atoms with Crippen molar-refractivity contribution in [3.05, 3.63) is 119 Å². The molecule has 0 amide bonds. The summed E-state index contributed by atoms with van der Waals surface area (Å²) >= 11 is 0. The summed E-state index contributed by atoms with van der Waals surface area (Å²) < 4.78 is 28.2. The minimum Gasteiger partial charge on any atom is -0.361 e. The fourth-order valence-electron chi connectivity index (χ4n) is 3.94. The van der Waals surface area contributed by atoms with E-state index in [1.54, 1.807) is 12.3 Å². The van der Waals surface area contributed by atoms with E-state index in [1.807, 2.05) is 91.1 Å². The lowest BCUT2D eigenvalue weighted by molar-refractivity contribution is 0.456. The number of hydrogen-bond donors (Lipinski definition) is 1. The number of benzene rings is 3. The van der Waals surface area contributed by atoms with E-state index < -0.39 is 16.1 Å². The number of hydrogen-bond acceptors (Lipinski definition) is 2. The highest BCUT2D eigenvalue weighted by Gasteiger charge is 2.33. The van der Waals surface area contributed by atoms with Crippen molar-refractivity contribution in [2.45, 2.75) is 6.04 Å². The average molecular weight is 413 g/mol. The van der Waals surface area contributed by atoms with Crippen molar-refractivity contribution in [1.82, 2.24) is 9.29 Å². The Morgan fingerprint density at radius 2 is 1.57 bits per heavy atom. The minimum atomic E-state index is -3.72. The van der Waals surface area contributed by atoms with Gasteiger partial charge in [-0.15, -0.1) is 0 Å². The largest absolute Gasteiger partial charge is 0.361 e. The van der Waals surface area contributed by atoms with Crippen molar-refractivity contribution in [1.29, 1.82) is 0 Å². The zero-order chi connectivity index (χ0) is 20.6. The Kier molecular flexibility index (Phi) is 4.52. The highest BCUT2D eigenvalue weighted by Crippen LogP contribution is 2.40. The Balaban J connectivity index is 1.64. The van der Waals surface area contributed by atoms with Crippen LogP contribution in [0.1, 0.15) is 28.3 Å². The first kappa shape index (κ1) is 18.5. The molecule has 3 aromatic carbocycles. The summed E-state index contributed by atoms with van der Waals surface area (Å²) in [7, 11) is -3.72. The molecule has 1 N–H and O–H groups in total. The third-order valence-corrected chi connectivity index (χ3v) is 6.79. The van der Waals surface area contributed by atoms with E-state index in [-0.39, 0.29) is 0 Å². The summed E-state index contributed by atoms with van der Waals surface area (Å²) in [5.41, 5.74) is 4.73. The van der Waals surface area contributed by atoms with Crippen LogP contribution < -0.4 is 0 Å². The van der Waals surface area contributed by atoms with Gasteiger partial charge in [0.15, 0.2) is 0 Å². The molecule has 0 aliphatic carbocycles. The minimum absolute atomic E-state index is 0.451. The predicted molar refractivity (Wildman–Crippen MR) is 122 cm³/mol. The van der Waals surface area contributed by atoms with Crippen molar-refractivity contribution < 1.29 is 8.42 Å². The van der Waals surface area contributed by atoms with Gasteiger partial charge in [-0.05, 0) is 34.9 Å². The molecule has 0 radical (unpaired) electrons. The van der Waals surface area contributed by atoms with Gasteiger partial charge in [-0.25, -0.2) is 8.42 Å². The Morgan fingerprint density at radius 1 is 0.833 bits per heavy atom. The molecule has 2 heterocycles. The van der Waals surface area contributed by atoms with Crippen LogP contribution in [-0.2, 0) is 10.0 Å². The second-order valence-corrected chi connectivity index (χ2v) is 8.95. The quantitative estimate of drug-likeness (QED) is 0.478. The number of rotatable bonds is 4. The Labute approximate surface area is 175 Å². The van der Waals surface area contributed by atoms with Crippen molar-refractivity contribution in [2.24, 2.45) is 0 Å². The molecule has 1 atom stereocenters. The van der Waals surface area contributed by atoms with Crippen LogP contribution in [0.2, 0.25) is 0 Å². The van der Waals surface area contributed by atoms with E-state index in [1.165, 1.54) is 9.71 Å². The Morgan fingerprint density at radius 3 is 2.43 bits per heavy atom. The van der Waals surface area contributed by atoms with Gasteiger partial charge in [0.2, 0.25) is 0 Å². The van der Waals surface area contributed by atoms with Gasteiger partial charge in [-0.1, -0.05) is 72.8 Å². The van der Waals surface area contributed by atoms with Crippen LogP contribution in [-0.4, -0.2) is 17.7 Å². The van der Waals surface area contributed by atoms with Crippen LogP contribution in [0.3, 0.4) is 0 Å². The summed E-state index contributed by atoms with van der Waals surface area (Å²) in [6.07, 6.45) is 7.07. The number of nitrogens with one attached hydrogen (secondary N) is 1. The van der Waals surface area contributed by atoms with Crippen LogP contribution in [0.5, 0.6) is 0 Å². The lowest BCUT2D eigenvalue weighted by Crippen LogP contribution is -2.31. The monoisotopic (exact) mass is 412 g/mol. The maximum Gasteiger partial charge on any atom is 0.257 e. The number of nitrogens with zero attached hydrogens (tertiary/aromatic N) is 1. The molecule has 4 nitrogen and oxygen atoms in total. The third-order valence-electron chi connectivity index (χ3n) is 5.39. The standard InChI is InChI=1S/C25H20N2O2S/c28-30(29,17-15-19-8-2-1-3-9-19)27-16-14-20-10-4-5-11-21(20)25(27)23-18-26-24-13-7-6-12-22(23)24/h1-18,25-26H/b17-15+/t25-/m1/s1. The Hall–Kier alpha value is -3.57. The lowest BCUT2D eigenvalue weighted by atomic mass is 9.92. The van der Waals surface area contributed by atoms with E-state index in [2.05, 4.69) is 4.98 Å². The van der Waals surface area contributed by atoms with Gasteiger partial charge in [0.1, 0.15) is 0 Å². The molecule has 0 spiro atoms. The van der Waals surface area contributed by atoms with Crippen molar-refractivity contribution >= 4 is 33.1 Å². The highest BCUT2D eigenvalue weighted by atomic mass is 32.2. The molecular weight excluding hydrogens is 392 g/mol. The van der Waals surface area contributed by atoms with E-state index in [0.717, 1.165) is 33.2 Å². The summed E-state index contributed by atoms with van der Waals surface area (Å²) in [4.78, 5) is 3.28. The molecule has 0 bridgehead atoms. The normalized spacial score (nSPS) is 16.3. The van der Waals surface area contributed by atoms with Gasteiger partial charge in [-0.2, -0.15) is 0 Å². The van der Waals surface area contributed by atoms with Crippen LogP contribution in [0.25, 0.3) is 23.1 Å². The van der Waals surface area contributed by atoms with E-state index >= 15 is 0 Å². The fraction of sp³-hybridized carbons (Fsp3) is 0.0400. The number of fused-ring (bicyclic) bond motifs is 2. The number of aromatic amines is 1. The summed E-state index contributed by atoms with van der Waals surface area (Å²) in [5, 5.41) is 2.29. The smallest absolute Gasteiger partial charge is 0.257 e. The second-order valence-electron chi connectivity index (χ2n) is 7.23. The lowest BCUT2D eigenvalue weighted by Gasteiger charge is -2.33. The number of para-hydroxylation sites is 1. The van der Waals surface area contributed by atoms with Crippen LogP contribution in [0, 0.1) is 0 Å². The third kappa shape index (κ3) is 3.23. The van der Waals surface area contributed by atoms with Crippen LogP contribution in [0.4, 0.5) is 0 Å². The molecule has 5 rings (SSSR count). The summed E-state index contributed by atoms with van der Waals surface area (Å²) in [6.45, 7) is 0. The molecule has 30 heavy (non-hydrogen) atoms. The first-order valence-corrected chi connectivity index (χ1v) is 11.2. The zero-order valence-electron chi connectivity index (χ0n) is 16.1. The maximum absolute atomic E-state index is 13.4. The summed E-state index contributed by atoms with van der Waals surface area (Å²) in [6, 6.07) is 24.9. The molecule has 1 aliphatic heterocycles. The van der Waals surface area contributed by atoms with Gasteiger partial charge in [-0.3, -0.25) is 4.31 Å². The van der Waals surface area contributed by atoms with Gasteiger partial charge in [0.05, 0.1) is 11.4 Å². The van der Waals surface area contributed by atoms with Crippen LogP contribution in [0.15, 0.2) is 96.7 Å². The molecule has 0 saturated heterocycles.